The van der Waals surface area contributed by atoms with Gasteiger partial charge in [-0.05, 0) is 24.3 Å². The van der Waals surface area contributed by atoms with E-state index in [1.807, 2.05) is 39.1 Å². The molecule has 0 aliphatic carbocycles. The van der Waals surface area contributed by atoms with E-state index in [-0.39, 0.29) is 5.78 Å². The number of carbonyl (C=O) groups excluding carboxylic acids is 1. The number of rotatable bonds is 2. The Labute approximate surface area is 111 Å². The third-order valence-electron chi connectivity index (χ3n) is 2.62. The Morgan fingerprint density at radius 3 is 2.56 bits per heavy atom. The van der Waals surface area contributed by atoms with Gasteiger partial charge < -0.3 is 0 Å². The number of carbonyl (C=O) groups is 1. The van der Waals surface area contributed by atoms with E-state index in [4.69, 9.17) is 11.6 Å². The van der Waals surface area contributed by atoms with Gasteiger partial charge in [-0.15, -0.1) is 0 Å². The summed E-state index contributed by atoms with van der Waals surface area (Å²) in [4.78, 5) is 16.5. The SMILES string of the molecule is CC(C)(C)C(=O)c1cccn1-c1ccc(Cl)cn1. The van der Waals surface area contributed by atoms with Crippen LogP contribution in [0.4, 0.5) is 0 Å². The maximum atomic E-state index is 12.3. The first-order valence-electron chi connectivity index (χ1n) is 5.74. The van der Waals surface area contributed by atoms with Crippen molar-refractivity contribution >= 4 is 17.4 Å². The summed E-state index contributed by atoms with van der Waals surface area (Å²) in [6, 6.07) is 7.20. The van der Waals surface area contributed by atoms with E-state index in [1.54, 1.807) is 22.9 Å². The second kappa shape index (κ2) is 4.58. The van der Waals surface area contributed by atoms with E-state index in [9.17, 15) is 4.79 Å². The molecule has 0 fully saturated rings. The molecule has 0 aliphatic rings. The number of nitrogens with zero attached hydrogens (tertiary/aromatic N) is 2. The Balaban J connectivity index is 2.45. The fourth-order valence-corrected chi connectivity index (χ4v) is 1.77. The highest BCUT2D eigenvalue weighted by atomic mass is 35.5. The van der Waals surface area contributed by atoms with Crippen molar-refractivity contribution in [3.63, 3.8) is 0 Å². The number of pyridine rings is 1. The third-order valence-corrected chi connectivity index (χ3v) is 2.84. The van der Waals surface area contributed by atoms with Crippen LogP contribution in [0.25, 0.3) is 5.82 Å². The van der Waals surface area contributed by atoms with Crippen LogP contribution in [0.5, 0.6) is 0 Å². The summed E-state index contributed by atoms with van der Waals surface area (Å²) in [5.41, 5.74) is 0.222. The molecule has 0 atom stereocenters. The van der Waals surface area contributed by atoms with E-state index in [0.29, 0.717) is 16.5 Å². The molecule has 4 heteroatoms. The topological polar surface area (TPSA) is 34.9 Å². The predicted molar refractivity (Wildman–Crippen MR) is 72.4 cm³/mol. The van der Waals surface area contributed by atoms with Gasteiger partial charge in [0.1, 0.15) is 5.82 Å². The molecule has 2 aromatic heterocycles. The first-order chi connectivity index (χ1) is 8.39. The van der Waals surface area contributed by atoms with Gasteiger partial charge in [-0.2, -0.15) is 0 Å². The average molecular weight is 263 g/mol. The molecule has 0 spiro atoms. The van der Waals surface area contributed by atoms with E-state index in [0.717, 1.165) is 0 Å². The molecule has 2 rings (SSSR count). The van der Waals surface area contributed by atoms with E-state index < -0.39 is 5.41 Å². The van der Waals surface area contributed by atoms with E-state index in [2.05, 4.69) is 4.98 Å². The van der Waals surface area contributed by atoms with Crippen molar-refractivity contribution in [2.45, 2.75) is 20.8 Å². The highest BCUT2D eigenvalue weighted by Gasteiger charge is 2.25. The highest BCUT2D eigenvalue weighted by Crippen LogP contribution is 2.23. The molecule has 0 N–H and O–H groups in total. The van der Waals surface area contributed by atoms with Crippen LogP contribution in [-0.2, 0) is 0 Å². The number of Topliss-reactive ketones (excluding diaryl/α,β-unsaturated/α-hetero) is 1. The Kier molecular flexibility index (Phi) is 3.26. The zero-order chi connectivity index (χ0) is 13.3. The monoisotopic (exact) mass is 262 g/mol. The maximum Gasteiger partial charge on any atom is 0.184 e. The Hall–Kier alpha value is -1.61. The fourth-order valence-electron chi connectivity index (χ4n) is 1.66. The van der Waals surface area contributed by atoms with Crippen LogP contribution in [0.2, 0.25) is 5.02 Å². The van der Waals surface area contributed by atoms with Gasteiger partial charge in [-0.1, -0.05) is 32.4 Å². The molecule has 0 unspecified atom stereocenters. The van der Waals surface area contributed by atoms with Gasteiger partial charge >= 0.3 is 0 Å². The van der Waals surface area contributed by atoms with Crippen LogP contribution in [0.15, 0.2) is 36.7 Å². The van der Waals surface area contributed by atoms with Crippen LogP contribution < -0.4 is 0 Å². The molecule has 0 saturated heterocycles. The van der Waals surface area contributed by atoms with E-state index in [1.165, 1.54) is 0 Å². The van der Waals surface area contributed by atoms with Gasteiger partial charge in [0.25, 0.3) is 0 Å². The first-order valence-corrected chi connectivity index (χ1v) is 6.11. The standard InChI is InChI=1S/C14H15ClN2O/c1-14(2,3)13(18)11-5-4-8-17(11)12-7-6-10(15)9-16-12/h4-9H,1-3H3. The van der Waals surface area contributed by atoms with Crippen molar-refractivity contribution in [2.75, 3.05) is 0 Å². The van der Waals surface area contributed by atoms with Gasteiger partial charge in [0.05, 0.1) is 10.7 Å². The molecular weight excluding hydrogens is 248 g/mol. The van der Waals surface area contributed by atoms with Gasteiger partial charge in [-0.3, -0.25) is 9.36 Å². The molecule has 0 aromatic carbocycles. The minimum Gasteiger partial charge on any atom is -0.298 e. The second-order valence-corrected chi connectivity index (χ2v) is 5.61. The number of aromatic nitrogens is 2. The lowest BCUT2D eigenvalue weighted by Crippen LogP contribution is -2.22. The van der Waals surface area contributed by atoms with Crippen molar-refractivity contribution in [2.24, 2.45) is 5.41 Å². The van der Waals surface area contributed by atoms with Crippen LogP contribution in [0.1, 0.15) is 31.3 Å². The van der Waals surface area contributed by atoms with Crippen LogP contribution in [-0.4, -0.2) is 15.3 Å². The molecule has 18 heavy (non-hydrogen) atoms. The molecule has 3 nitrogen and oxygen atoms in total. The summed E-state index contributed by atoms with van der Waals surface area (Å²) in [7, 11) is 0. The molecule has 0 amide bonds. The Morgan fingerprint density at radius 2 is 2.00 bits per heavy atom. The van der Waals surface area contributed by atoms with Gasteiger partial charge in [0.15, 0.2) is 5.78 Å². The summed E-state index contributed by atoms with van der Waals surface area (Å²) >= 11 is 5.81. The van der Waals surface area contributed by atoms with Gasteiger partial charge in [0, 0.05) is 17.8 Å². The summed E-state index contributed by atoms with van der Waals surface area (Å²) in [5.74, 6) is 0.779. The lowest BCUT2D eigenvalue weighted by atomic mass is 9.89. The Morgan fingerprint density at radius 1 is 1.28 bits per heavy atom. The smallest absolute Gasteiger partial charge is 0.184 e. The fraction of sp³-hybridized carbons (Fsp3) is 0.286. The first kappa shape index (κ1) is 12.8. The molecule has 0 bridgehead atoms. The molecule has 94 valence electrons. The average Bonchev–Trinajstić information content (AvgIpc) is 2.76. The van der Waals surface area contributed by atoms with Crippen LogP contribution in [0, 0.1) is 5.41 Å². The van der Waals surface area contributed by atoms with Crippen molar-refractivity contribution in [1.29, 1.82) is 0 Å². The van der Waals surface area contributed by atoms with Crippen LogP contribution in [0.3, 0.4) is 0 Å². The minimum absolute atomic E-state index is 0.0873. The minimum atomic E-state index is -0.414. The zero-order valence-electron chi connectivity index (χ0n) is 10.6. The highest BCUT2D eigenvalue weighted by molar-refractivity contribution is 6.30. The second-order valence-electron chi connectivity index (χ2n) is 5.18. The quantitative estimate of drug-likeness (QED) is 0.773. The van der Waals surface area contributed by atoms with Crippen molar-refractivity contribution < 1.29 is 4.79 Å². The van der Waals surface area contributed by atoms with E-state index >= 15 is 0 Å². The van der Waals surface area contributed by atoms with Crippen molar-refractivity contribution in [3.05, 3.63) is 47.4 Å². The van der Waals surface area contributed by atoms with Gasteiger partial charge in [0.2, 0.25) is 0 Å². The number of hydrogen-bond donors (Lipinski definition) is 0. The summed E-state index contributed by atoms with van der Waals surface area (Å²) < 4.78 is 1.78. The van der Waals surface area contributed by atoms with Crippen molar-refractivity contribution in [1.82, 2.24) is 9.55 Å². The zero-order valence-corrected chi connectivity index (χ0v) is 11.4. The maximum absolute atomic E-state index is 12.3. The van der Waals surface area contributed by atoms with Crippen LogP contribution >= 0.6 is 11.6 Å². The molecule has 2 heterocycles. The molecule has 0 radical (unpaired) electrons. The third kappa shape index (κ3) is 2.46. The molecular formula is C14H15ClN2O. The number of ketones is 1. The molecule has 0 saturated carbocycles. The van der Waals surface area contributed by atoms with Crippen molar-refractivity contribution in [3.8, 4) is 5.82 Å². The van der Waals surface area contributed by atoms with Gasteiger partial charge in [-0.25, -0.2) is 4.98 Å². The summed E-state index contributed by atoms with van der Waals surface area (Å²) in [5, 5.41) is 0.578. The Bertz CT molecular complexity index is 564. The summed E-state index contributed by atoms with van der Waals surface area (Å²) in [6.07, 6.45) is 3.40. The lowest BCUT2D eigenvalue weighted by molar-refractivity contribution is 0.0851. The number of halogens is 1. The predicted octanol–water partition coefficient (Wildman–Crippen LogP) is 3.75. The number of hydrogen-bond acceptors (Lipinski definition) is 2. The molecule has 2 aromatic rings. The normalized spacial score (nSPS) is 11.6. The lowest BCUT2D eigenvalue weighted by Gasteiger charge is -2.17. The largest absolute Gasteiger partial charge is 0.298 e. The summed E-state index contributed by atoms with van der Waals surface area (Å²) in [6.45, 7) is 5.71. The molecule has 0 aliphatic heterocycles.